The van der Waals surface area contributed by atoms with Gasteiger partial charge in [-0.2, -0.15) is 0 Å². The van der Waals surface area contributed by atoms with Crippen LogP contribution in [0.25, 0.3) is 0 Å². The Hall–Kier alpha value is -0.360. The second kappa shape index (κ2) is 6.82. The van der Waals surface area contributed by atoms with E-state index < -0.39 is 42.9 Å². The van der Waals surface area contributed by atoms with E-state index in [1.54, 1.807) is 0 Å². The highest BCUT2D eigenvalue weighted by Crippen LogP contribution is 2.26. The zero-order valence-electron chi connectivity index (χ0n) is 11.8. The van der Waals surface area contributed by atoms with Crippen LogP contribution in [0, 0.1) is 0 Å². The van der Waals surface area contributed by atoms with E-state index >= 15 is 0 Å². The van der Waals surface area contributed by atoms with Crippen molar-refractivity contribution < 1.29 is 24.8 Å². The van der Waals surface area contributed by atoms with Crippen LogP contribution < -0.4 is 22.9 Å². The molecule has 1 heterocycles. The quantitative estimate of drug-likeness (QED) is 0.272. The molecule has 0 amide bonds. The highest BCUT2D eigenvalue weighted by atomic mass is 16.7. The predicted molar refractivity (Wildman–Crippen MR) is 73.8 cm³/mol. The second-order valence-electron chi connectivity index (χ2n) is 5.88. The Morgan fingerprint density at radius 3 is 2.29 bits per heavy atom. The number of nitrogens with two attached hydrogens (primary N) is 4. The number of ether oxygens (including phenoxy) is 2. The molecule has 2 fully saturated rings. The number of hydrogen-bond acceptors (Lipinski definition) is 9. The number of aliphatic hydroxyl groups is 3. The average molecular weight is 306 g/mol. The Morgan fingerprint density at radius 1 is 1.00 bits per heavy atom. The zero-order valence-corrected chi connectivity index (χ0v) is 11.8. The molecule has 0 aromatic heterocycles. The van der Waals surface area contributed by atoms with Gasteiger partial charge in [0.2, 0.25) is 0 Å². The molecule has 11 N–H and O–H groups in total. The third-order valence-electron chi connectivity index (χ3n) is 4.28. The van der Waals surface area contributed by atoms with E-state index in [0.29, 0.717) is 6.42 Å². The molecule has 0 aromatic carbocycles. The monoisotopic (exact) mass is 306 g/mol. The third-order valence-corrected chi connectivity index (χ3v) is 4.28. The Balaban J connectivity index is 2.01. The van der Waals surface area contributed by atoms with Gasteiger partial charge in [0.05, 0.1) is 18.2 Å². The van der Waals surface area contributed by atoms with E-state index in [1.807, 2.05) is 0 Å². The molecule has 1 aliphatic heterocycles. The molecule has 0 radical (unpaired) electrons. The van der Waals surface area contributed by atoms with Gasteiger partial charge in [-0.05, 0) is 6.42 Å². The fourth-order valence-electron chi connectivity index (χ4n) is 2.81. The maximum absolute atomic E-state index is 9.92. The van der Waals surface area contributed by atoms with E-state index in [9.17, 15) is 15.3 Å². The van der Waals surface area contributed by atoms with Gasteiger partial charge < -0.3 is 47.7 Å². The number of hydrogen-bond donors (Lipinski definition) is 7. The van der Waals surface area contributed by atoms with Gasteiger partial charge in [0.1, 0.15) is 18.3 Å². The van der Waals surface area contributed by atoms with Crippen LogP contribution in [-0.2, 0) is 9.47 Å². The van der Waals surface area contributed by atoms with Crippen LogP contribution in [0.1, 0.15) is 12.8 Å². The van der Waals surface area contributed by atoms with Crippen molar-refractivity contribution in [2.45, 2.75) is 67.8 Å². The van der Waals surface area contributed by atoms with Crippen molar-refractivity contribution in [2.75, 3.05) is 6.54 Å². The molecule has 1 aliphatic carbocycles. The summed E-state index contributed by atoms with van der Waals surface area (Å²) >= 11 is 0. The van der Waals surface area contributed by atoms with Gasteiger partial charge in [0, 0.05) is 25.0 Å². The number of aliphatic hydroxyl groups excluding tert-OH is 3. The van der Waals surface area contributed by atoms with Crippen LogP contribution in [-0.4, -0.2) is 76.8 Å². The van der Waals surface area contributed by atoms with E-state index in [-0.39, 0.29) is 25.0 Å². The molecule has 1 saturated carbocycles. The molecule has 9 unspecified atom stereocenters. The van der Waals surface area contributed by atoms with Crippen molar-refractivity contribution >= 4 is 0 Å². The van der Waals surface area contributed by atoms with Crippen LogP contribution in [0.5, 0.6) is 0 Å². The molecule has 9 atom stereocenters. The van der Waals surface area contributed by atoms with Crippen LogP contribution in [0.3, 0.4) is 0 Å². The van der Waals surface area contributed by atoms with Crippen LogP contribution in [0.2, 0.25) is 0 Å². The first-order valence-corrected chi connectivity index (χ1v) is 7.17. The maximum Gasteiger partial charge on any atom is 0.176 e. The topological polar surface area (TPSA) is 183 Å². The molecule has 0 bridgehead atoms. The van der Waals surface area contributed by atoms with Crippen molar-refractivity contribution in [1.82, 2.24) is 0 Å². The zero-order chi connectivity index (χ0) is 15.7. The first kappa shape index (κ1) is 17.0. The maximum atomic E-state index is 9.92. The molecular weight excluding hydrogens is 280 g/mol. The number of rotatable bonds is 3. The summed E-state index contributed by atoms with van der Waals surface area (Å²) in [6.45, 7) is 0.0228. The van der Waals surface area contributed by atoms with Gasteiger partial charge in [-0.1, -0.05) is 0 Å². The van der Waals surface area contributed by atoms with Crippen LogP contribution in [0.15, 0.2) is 0 Å². The summed E-state index contributed by atoms with van der Waals surface area (Å²) in [7, 11) is 0. The van der Waals surface area contributed by atoms with Crippen molar-refractivity contribution in [2.24, 2.45) is 22.9 Å². The lowest BCUT2D eigenvalue weighted by Crippen LogP contribution is -2.65. The summed E-state index contributed by atoms with van der Waals surface area (Å²) in [5.74, 6) is 0. The van der Waals surface area contributed by atoms with E-state index in [1.165, 1.54) is 0 Å². The first-order chi connectivity index (χ1) is 9.85. The molecule has 2 aliphatic rings. The van der Waals surface area contributed by atoms with E-state index in [0.717, 1.165) is 0 Å². The molecule has 1 saturated heterocycles. The lowest BCUT2D eigenvalue weighted by Gasteiger charge is -2.44. The smallest absolute Gasteiger partial charge is 0.176 e. The first-order valence-electron chi connectivity index (χ1n) is 7.17. The van der Waals surface area contributed by atoms with Crippen molar-refractivity contribution in [3.05, 3.63) is 0 Å². The Morgan fingerprint density at radius 2 is 1.67 bits per heavy atom. The molecule has 9 nitrogen and oxygen atoms in total. The van der Waals surface area contributed by atoms with Crippen molar-refractivity contribution in [3.8, 4) is 0 Å². The van der Waals surface area contributed by atoms with E-state index in [4.69, 9.17) is 32.4 Å². The lowest BCUT2D eigenvalue weighted by molar-refractivity contribution is -0.276. The molecule has 2 rings (SSSR count). The molecule has 21 heavy (non-hydrogen) atoms. The lowest BCUT2D eigenvalue weighted by atomic mass is 9.87. The average Bonchev–Trinajstić information content (AvgIpc) is 2.45. The van der Waals surface area contributed by atoms with Crippen LogP contribution >= 0.6 is 0 Å². The Kier molecular flexibility index (Phi) is 5.52. The molecule has 9 heteroatoms. The molecule has 0 spiro atoms. The third kappa shape index (κ3) is 3.52. The second-order valence-corrected chi connectivity index (χ2v) is 5.88. The van der Waals surface area contributed by atoms with Gasteiger partial charge in [-0.15, -0.1) is 0 Å². The summed E-state index contributed by atoms with van der Waals surface area (Å²) in [6.07, 6.45) is -4.60. The summed E-state index contributed by atoms with van der Waals surface area (Å²) in [6, 6.07) is -1.67. The Labute approximate surface area is 123 Å². The SMILES string of the molecule is NCC1OC(OC2CC(O)C(N)CC2N)C(N)C(O)C1O. The fraction of sp³-hybridized carbons (Fsp3) is 1.00. The van der Waals surface area contributed by atoms with Gasteiger partial charge in [0.15, 0.2) is 6.29 Å². The fourth-order valence-corrected chi connectivity index (χ4v) is 2.81. The predicted octanol–water partition coefficient (Wildman–Crippen LogP) is -4.09. The summed E-state index contributed by atoms with van der Waals surface area (Å²) in [4.78, 5) is 0. The molecular formula is C12H26N4O5. The minimum absolute atomic E-state index is 0.0228. The van der Waals surface area contributed by atoms with Gasteiger partial charge in [0.25, 0.3) is 0 Å². The molecule has 0 aromatic rings. The highest BCUT2D eigenvalue weighted by molar-refractivity contribution is 4.95. The van der Waals surface area contributed by atoms with E-state index in [2.05, 4.69) is 0 Å². The van der Waals surface area contributed by atoms with Crippen molar-refractivity contribution in [1.29, 1.82) is 0 Å². The van der Waals surface area contributed by atoms with Gasteiger partial charge in [-0.3, -0.25) is 0 Å². The minimum Gasteiger partial charge on any atom is -0.391 e. The Bertz CT molecular complexity index is 348. The normalized spacial score (nSPS) is 51.9. The standard InChI is InChI=1S/C12H26N4O5/c13-3-8-10(18)11(19)9(16)12(21-8)20-7-2-6(17)4(14)1-5(7)15/h4-12,17-19H,1-3,13-16H2. The van der Waals surface area contributed by atoms with Gasteiger partial charge in [-0.25, -0.2) is 0 Å². The summed E-state index contributed by atoms with van der Waals surface area (Å²) in [5, 5.41) is 29.5. The largest absolute Gasteiger partial charge is 0.391 e. The minimum atomic E-state index is -1.20. The summed E-state index contributed by atoms with van der Waals surface area (Å²) < 4.78 is 11.2. The van der Waals surface area contributed by atoms with Crippen molar-refractivity contribution in [3.63, 3.8) is 0 Å². The molecule has 124 valence electrons. The highest BCUT2D eigenvalue weighted by Gasteiger charge is 2.45. The van der Waals surface area contributed by atoms with Crippen LogP contribution in [0.4, 0.5) is 0 Å². The summed E-state index contributed by atoms with van der Waals surface area (Å²) in [5.41, 5.74) is 23.0. The van der Waals surface area contributed by atoms with Gasteiger partial charge >= 0.3 is 0 Å².